The van der Waals surface area contributed by atoms with E-state index in [-0.39, 0.29) is 12.3 Å². The largest absolute Gasteiger partial charge is 0.320 e. The highest BCUT2D eigenvalue weighted by Gasteiger charge is 2.40. The van der Waals surface area contributed by atoms with Crippen LogP contribution >= 0.6 is 0 Å². The van der Waals surface area contributed by atoms with Gasteiger partial charge in [0.2, 0.25) is 11.8 Å². The Morgan fingerprint density at radius 1 is 1.11 bits per heavy atom. The van der Waals surface area contributed by atoms with Crippen LogP contribution in [0.4, 0.5) is 20.2 Å². The molecule has 0 radical (unpaired) electrons. The minimum Gasteiger partial charge on any atom is -0.320 e. The van der Waals surface area contributed by atoms with Gasteiger partial charge in [0, 0.05) is 12.1 Å². The second-order valence-electron chi connectivity index (χ2n) is 6.91. The third-order valence-corrected chi connectivity index (χ3v) is 4.73. The summed E-state index contributed by atoms with van der Waals surface area (Å²) in [6.45, 7) is 3.63. The van der Waals surface area contributed by atoms with E-state index in [2.05, 4.69) is 5.32 Å². The van der Waals surface area contributed by atoms with Gasteiger partial charge in [-0.25, -0.2) is 8.78 Å². The van der Waals surface area contributed by atoms with E-state index in [1.165, 1.54) is 11.0 Å². The highest BCUT2D eigenvalue weighted by Crippen LogP contribution is 2.34. The van der Waals surface area contributed by atoms with E-state index in [9.17, 15) is 18.4 Å². The van der Waals surface area contributed by atoms with Crippen molar-refractivity contribution in [1.29, 1.82) is 0 Å². The minimum absolute atomic E-state index is 0.127. The van der Waals surface area contributed by atoms with Gasteiger partial charge < -0.3 is 11.1 Å². The van der Waals surface area contributed by atoms with Crippen molar-refractivity contribution in [3.05, 3.63) is 59.7 Å². The molecule has 2 aromatic rings. The molecule has 0 fully saturated rings. The average Bonchev–Trinajstić information content (AvgIpc) is 3.03. The lowest BCUT2D eigenvalue weighted by atomic mass is 10.0. The fraction of sp³-hybridized carbons (Fsp3) is 0.300. The van der Waals surface area contributed by atoms with E-state index in [1.807, 2.05) is 19.9 Å². The number of hydrogen-bond donors (Lipinski definition) is 2. The van der Waals surface area contributed by atoms with Gasteiger partial charge >= 0.3 is 0 Å². The maximum Gasteiger partial charge on any atom is 0.248 e. The molecule has 0 aliphatic carbocycles. The van der Waals surface area contributed by atoms with E-state index < -0.39 is 41.2 Å². The van der Waals surface area contributed by atoms with Crippen LogP contribution in [0.2, 0.25) is 0 Å². The maximum absolute atomic E-state index is 13.9. The van der Waals surface area contributed by atoms with E-state index in [4.69, 9.17) is 5.73 Å². The Balaban J connectivity index is 1.93. The van der Waals surface area contributed by atoms with Crippen molar-refractivity contribution in [1.82, 2.24) is 0 Å². The first-order chi connectivity index (χ1) is 12.8. The normalized spacial score (nSPS) is 17.0. The molecule has 0 spiro atoms. The van der Waals surface area contributed by atoms with Gasteiger partial charge in [0.15, 0.2) is 0 Å². The number of nitrogens with two attached hydrogens (primary N) is 1. The van der Waals surface area contributed by atoms with Crippen LogP contribution in [-0.4, -0.2) is 23.9 Å². The zero-order valence-electron chi connectivity index (χ0n) is 15.1. The number of carbonyl (C=O) groups is 2. The second kappa shape index (κ2) is 7.44. The molecular formula is C20H21F2N3O2. The van der Waals surface area contributed by atoms with Crippen molar-refractivity contribution in [2.45, 2.75) is 32.4 Å². The number of hydrogen-bond acceptors (Lipinski definition) is 3. The molecular weight excluding hydrogens is 352 g/mol. The average molecular weight is 373 g/mol. The Hall–Kier alpha value is -2.80. The molecule has 2 aromatic carbocycles. The topological polar surface area (TPSA) is 75.4 Å². The molecule has 0 saturated heterocycles. The summed E-state index contributed by atoms with van der Waals surface area (Å²) in [4.78, 5) is 27.1. The summed E-state index contributed by atoms with van der Waals surface area (Å²) >= 11 is 0. The lowest BCUT2D eigenvalue weighted by molar-refractivity contribution is -0.124. The van der Waals surface area contributed by atoms with Crippen molar-refractivity contribution >= 4 is 23.2 Å². The van der Waals surface area contributed by atoms with Gasteiger partial charge in [-0.2, -0.15) is 0 Å². The highest BCUT2D eigenvalue weighted by molar-refractivity contribution is 6.08. The first-order valence-electron chi connectivity index (χ1n) is 8.72. The number of benzene rings is 2. The van der Waals surface area contributed by atoms with Crippen molar-refractivity contribution in [3.63, 3.8) is 0 Å². The Morgan fingerprint density at radius 3 is 2.37 bits per heavy atom. The first kappa shape index (κ1) is 19.0. The summed E-state index contributed by atoms with van der Waals surface area (Å²) in [5.74, 6) is -2.95. The van der Waals surface area contributed by atoms with E-state index in [0.29, 0.717) is 5.69 Å². The molecule has 0 saturated carbocycles. The minimum atomic E-state index is -0.932. The van der Waals surface area contributed by atoms with E-state index >= 15 is 0 Å². The number of anilines is 2. The van der Waals surface area contributed by atoms with Gasteiger partial charge in [0.05, 0.1) is 6.04 Å². The number of rotatable bonds is 4. The summed E-state index contributed by atoms with van der Waals surface area (Å²) in [6.07, 6.45) is 0.245. The quantitative estimate of drug-likeness (QED) is 0.865. The van der Waals surface area contributed by atoms with Gasteiger partial charge in [-0.3, -0.25) is 14.5 Å². The van der Waals surface area contributed by atoms with Gasteiger partial charge in [-0.05, 0) is 29.7 Å². The summed E-state index contributed by atoms with van der Waals surface area (Å²) in [6, 6.07) is 8.71. The van der Waals surface area contributed by atoms with E-state index in [0.717, 1.165) is 17.7 Å². The first-order valence-corrected chi connectivity index (χ1v) is 8.72. The van der Waals surface area contributed by atoms with Gasteiger partial charge in [0.1, 0.15) is 23.4 Å². The van der Waals surface area contributed by atoms with Gasteiger partial charge in [0.25, 0.3) is 0 Å². The molecule has 7 heteroatoms. The Labute approximate surface area is 156 Å². The number of nitrogens with one attached hydrogen (secondary N) is 1. The molecule has 5 nitrogen and oxygen atoms in total. The summed E-state index contributed by atoms with van der Waals surface area (Å²) in [7, 11) is 0. The predicted molar refractivity (Wildman–Crippen MR) is 99.2 cm³/mol. The molecule has 3 rings (SSSR count). The predicted octanol–water partition coefficient (Wildman–Crippen LogP) is 2.84. The SMILES string of the molecule is CC(C)C(N)C(=O)N1c2ccccc2CC1C(=O)Nc1c(F)cccc1F. The number of carbonyl (C=O) groups excluding carboxylic acids is 2. The van der Waals surface area contributed by atoms with Crippen molar-refractivity contribution in [3.8, 4) is 0 Å². The van der Waals surface area contributed by atoms with Crippen LogP contribution in [0, 0.1) is 17.6 Å². The number of amides is 2. The molecule has 142 valence electrons. The van der Waals surface area contributed by atoms with Crippen molar-refractivity contribution in [2.75, 3.05) is 10.2 Å². The molecule has 27 heavy (non-hydrogen) atoms. The number of halogens is 2. The zero-order valence-corrected chi connectivity index (χ0v) is 15.1. The van der Waals surface area contributed by atoms with E-state index in [1.54, 1.807) is 18.2 Å². The van der Waals surface area contributed by atoms with Crippen LogP contribution < -0.4 is 16.0 Å². The number of nitrogens with zero attached hydrogens (tertiary/aromatic N) is 1. The van der Waals surface area contributed by atoms with Crippen LogP contribution in [0.25, 0.3) is 0 Å². The maximum atomic E-state index is 13.9. The highest BCUT2D eigenvalue weighted by atomic mass is 19.1. The zero-order chi connectivity index (χ0) is 19.7. The second-order valence-corrected chi connectivity index (χ2v) is 6.91. The Morgan fingerprint density at radius 2 is 1.74 bits per heavy atom. The Kier molecular flexibility index (Phi) is 5.23. The molecule has 2 unspecified atom stereocenters. The third kappa shape index (κ3) is 3.55. The van der Waals surface area contributed by atoms with Crippen LogP contribution in [0.15, 0.2) is 42.5 Å². The van der Waals surface area contributed by atoms with Gasteiger partial charge in [-0.1, -0.05) is 38.1 Å². The number of para-hydroxylation sites is 2. The van der Waals surface area contributed by atoms with Gasteiger partial charge in [-0.15, -0.1) is 0 Å². The van der Waals surface area contributed by atoms with Crippen molar-refractivity contribution < 1.29 is 18.4 Å². The summed E-state index contributed by atoms with van der Waals surface area (Å²) in [5.41, 5.74) is 6.88. The fourth-order valence-corrected chi connectivity index (χ4v) is 3.14. The molecule has 1 aliphatic rings. The van der Waals surface area contributed by atoms with Crippen LogP contribution in [0.3, 0.4) is 0 Å². The summed E-state index contributed by atoms with van der Waals surface area (Å²) in [5, 5.41) is 2.28. The smallest absolute Gasteiger partial charge is 0.248 e. The van der Waals surface area contributed by atoms with Crippen LogP contribution in [-0.2, 0) is 16.0 Å². The van der Waals surface area contributed by atoms with Crippen LogP contribution in [0.1, 0.15) is 19.4 Å². The molecule has 3 N–H and O–H groups in total. The van der Waals surface area contributed by atoms with Crippen molar-refractivity contribution in [2.24, 2.45) is 11.7 Å². The third-order valence-electron chi connectivity index (χ3n) is 4.73. The molecule has 0 aromatic heterocycles. The number of fused-ring (bicyclic) bond motifs is 1. The monoisotopic (exact) mass is 373 g/mol. The summed E-state index contributed by atoms with van der Waals surface area (Å²) < 4.78 is 27.8. The van der Waals surface area contributed by atoms with Crippen LogP contribution in [0.5, 0.6) is 0 Å². The lowest BCUT2D eigenvalue weighted by Crippen LogP contribution is -2.53. The fourth-order valence-electron chi connectivity index (χ4n) is 3.14. The molecule has 2 amide bonds. The molecule has 2 atom stereocenters. The Bertz CT molecular complexity index is 865. The molecule has 0 bridgehead atoms. The molecule has 1 heterocycles. The molecule has 1 aliphatic heterocycles. The lowest BCUT2D eigenvalue weighted by Gasteiger charge is -2.28. The standard InChI is InChI=1S/C20H21F2N3O2/c1-11(2)17(23)20(27)25-15-9-4-3-6-12(15)10-16(25)19(26)24-18-13(21)7-5-8-14(18)22/h3-9,11,16-17H,10,23H2,1-2H3,(H,24,26).